The number of hydrogen-bond acceptors (Lipinski definition) is 4. The van der Waals surface area contributed by atoms with Gasteiger partial charge < -0.3 is 16.0 Å². The molecule has 1 saturated heterocycles. The number of piperidine rings is 1. The Balaban J connectivity index is 1.70. The summed E-state index contributed by atoms with van der Waals surface area (Å²) in [4.78, 5) is 38.4. The molecule has 0 spiro atoms. The van der Waals surface area contributed by atoms with Crippen molar-refractivity contribution in [2.24, 2.45) is 5.73 Å². The van der Waals surface area contributed by atoms with Gasteiger partial charge in [0.2, 0.25) is 5.91 Å². The number of thiophene rings is 1. The van der Waals surface area contributed by atoms with Gasteiger partial charge in [-0.3, -0.25) is 14.4 Å². The number of primary amides is 1. The van der Waals surface area contributed by atoms with E-state index in [1.165, 1.54) is 18.3 Å². The van der Waals surface area contributed by atoms with Crippen LogP contribution in [-0.4, -0.2) is 41.8 Å². The summed E-state index contributed by atoms with van der Waals surface area (Å²) >= 11 is 1.33. The van der Waals surface area contributed by atoms with Gasteiger partial charge in [0, 0.05) is 36.5 Å². The Morgan fingerprint density at radius 2 is 1.88 bits per heavy atom. The molecule has 0 saturated carbocycles. The molecule has 7 heteroatoms. The minimum absolute atomic E-state index is 0.0165. The van der Waals surface area contributed by atoms with Gasteiger partial charge >= 0.3 is 0 Å². The SMILES string of the molecule is CC(=O)NC1CCCN(C(=O)c2ccc(-c3ccc(C(N)=O)s3)cc2)C1. The number of likely N-dealkylation sites (tertiary alicyclic amines) is 1. The van der Waals surface area contributed by atoms with Crippen molar-refractivity contribution in [2.45, 2.75) is 25.8 Å². The predicted molar refractivity (Wildman–Crippen MR) is 101 cm³/mol. The van der Waals surface area contributed by atoms with Gasteiger partial charge in [-0.2, -0.15) is 0 Å². The molecular formula is C19H21N3O3S. The number of amides is 3. The number of nitrogens with one attached hydrogen (secondary N) is 1. The fourth-order valence-electron chi connectivity index (χ4n) is 3.15. The molecule has 6 nitrogen and oxygen atoms in total. The van der Waals surface area contributed by atoms with Crippen molar-refractivity contribution < 1.29 is 14.4 Å². The molecule has 1 aromatic heterocycles. The van der Waals surface area contributed by atoms with E-state index in [2.05, 4.69) is 5.32 Å². The molecule has 1 atom stereocenters. The summed E-state index contributed by atoms with van der Waals surface area (Å²) in [5, 5.41) is 2.89. The molecule has 1 unspecified atom stereocenters. The summed E-state index contributed by atoms with van der Waals surface area (Å²) < 4.78 is 0. The zero-order valence-corrected chi connectivity index (χ0v) is 15.3. The van der Waals surface area contributed by atoms with E-state index in [1.54, 1.807) is 23.1 Å². The second kappa shape index (κ2) is 7.70. The van der Waals surface area contributed by atoms with Crippen LogP contribution in [0.3, 0.4) is 0 Å². The maximum atomic E-state index is 12.7. The number of benzene rings is 1. The molecule has 1 aliphatic heterocycles. The topological polar surface area (TPSA) is 92.5 Å². The number of nitrogens with zero attached hydrogens (tertiary/aromatic N) is 1. The summed E-state index contributed by atoms with van der Waals surface area (Å²) in [5.41, 5.74) is 6.84. The van der Waals surface area contributed by atoms with Crippen LogP contribution in [0.1, 0.15) is 39.8 Å². The fraction of sp³-hybridized carbons (Fsp3) is 0.316. The van der Waals surface area contributed by atoms with E-state index < -0.39 is 5.91 Å². The molecule has 0 bridgehead atoms. The normalized spacial score (nSPS) is 17.0. The molecule has 26 heavy (non-hydrogen) atoms. The average Bonchev–Trinajstić information content (AvgIpc) is 3.11. The van der Waals surface area contributed by atoms with Crippen molar-refractivity contribution >= 4 is 29.1 Å². The van der Waals surface area contributed by atoms with Gasteiger partial charge in [-0.05, 0) is 42.7 Å². The van der Waals surface area contributed by atoms with Crippen LogP contribution in [0, 0.1) is 0 Å². The highest BCUT2D eigenvalue weighted by Gasteiger charge is 2.24. The molecule has 2 heterocycles. The molecule has 1 fully saturated rings. The molecule has 2 aromatic rings. The lowest BCUT2D eigenvalue weighted by atomic mass is 10.0. The van der Waals surface area contributed by atoms with Crippen LogP contribution >= 0.6 is 11.3 Å². The first-order valence-electron chi connectivity index (χ1n) is 8.50. The molecule has 3 N–H and O–H groups in total. The third kappa shape index (κ3) is 4.11. The van der Waals surface area contributed by atoms with Crippen LogP contribution in [-0.2, 0) is 4.79 Å². The van der Waals surface area contributed by atoms with E-state index in [0.717, 1.165) is 23.3 Å². The van der Waals surface area contributed by atoms with E-state index >= 15 is 0 Å². The molecule has 0 radical (unpaired) electrons. The van der Waals surface area contributed by atoms with Crippen molar-refractivity contribution in [1.82, 2.24) is 10.2 Å². The first-order chi connectivity index (χ1) is 12.4. The standard InChI is InChI=1S/C19H21N3O3S/c1-12(23)21-15-3-2-10-22(11-15)19(25)14-6-4-13(5-7-14)16-8-9-17(26-16)18(20)24/h4-9,15H,2-3,10-11H2,1H3,(H2,20,24)(H,21,23). The zero-order chi connectivity index (χ0) is 18.7. The van der Waals surface area contributed by atoms with Crippen molar-refractivity contribution in [3.63, 3.8) is 0 Å². The Labute approximate surface area is 156 Å². The molecule has 136 valence electrons. The van der Waals surface area contributed by atoms with Crippen molar-refractivity contribution in [1.29, 1.82) is 0 Å². The molecule has 3 amide bonds. The minimum Gasteiger partial charge on any atom is -0.365 e. The highest BCUT2D eigenvalue weighted by molar-refractivity contribution is 7.17. The maximum Gasteiger partial charge on any atom is 0.258 e. The Morgan fingerprint density at radius 3 is 2.50 bits per heavy atom. The second-order valence-electron chi connectivity index (χ2n) is 6.40. The second-order valence-corrected chi connectivity index (χ2v) is 7.48. The number of nitrogens with two attached hydrogens (primary N) is 1. The minimum atomic E-state index is -0.438. The maximum absolute atomic E-state index is 12.7. The predicted octanol–water partition coefficient (Wildman–Crippen LogP) is 2.25. The highest BCUT2D eigenvalue weighted by atomic mass is 32.1. The number of rotatable bonds is 4. The lowest BCUT2D eigenvalue weighted by Crippen LogP contribution is -2.49. The van der Waals surface area contributed by atoms with Gasteiger partial charge in [0.15, 0.2) is 0 Å². The van der Waals surface area contributed by atoms with Crippen LogP contribution in [0.25, 0.3) is 10.4 Å². The first kappa shape index (κ1) is 18.1. The molecule has 3 rings (SSSR count). The van der Waals surface area contributed by atoms with Gasteiger partial charge in [-0.15, -0.1) is 11.3 Å². The smallest absolute Gasteiger partial charge is 0.258 e. The van der Waals surface area contributed by atoms with E-state index in [4.69, 9.17) is 5.73 Å². The summed E-state index contributed by atoms with van der Waals surface area (Å²) in [6.45, 7) is 2.73. The van der Waals surface area contributed by atoms with Crippen LogP contribution in [0.4, 0.5) is 0 Å². The average molecular weight is 371 g/mol. The summed E-state index contributed by atoms with van der Waals surface area (Å²) in [5.74, 6) is -0.539. The largest absolute Gasteiger partial charge is 0.365 e. The fourth-order valence-corrected chi connectivity index (χ4v) is 4.02. The third-order valence-electron chi connectivity index (χ3n) is 4.38. The summed E-state index contributed by atoms with van der Waals surface area (Å²) in [7, 11) is 0. The highest BCUT2D eigenvalue weighted by Crippen LogP contribution is 2.28. The van der Waals surface area contributed by atoms with Crippen molar-refractivity contribution in [2.75, 3.05) is 13.1 Å². The van der Waals surface area contributed by atoms with Gasteiger partial charge in [0.1, 0.15) is 0 Å². The van der Waals surface area contributed by atoms with E-state index in [9.17, 15) is 14.4 Å². The number of carbonyl (C=O) groups excluding carboxylic acids is 3. The van der Waals surface area contributed by atoms with Gasteiger partial charge in [-0.1, -0.05) is 12.1 Å². The molecular weight excluding hydrogens is 350 g/mol. The Kier molecular flexibility index (Phi) is 5.37. The Bertz CT molecular complexity index is 829. The summed E-state index contributed by atoms with van der Waals surface area (Å²) in [6.07, 6.45) is 1.77. The third-order valence-corrected chi connectivity index (χ3v) is 5.53. The van der Waals surface area contributed by atoms with Crippen LogP contribution in [0.2, 0.25) is 0 Å². The van der Waals surface area contributed by atoms with E-state index in [-0.39, 0.29) is 17.9 Å². The van der Waals surface area contributed by atoms with Crippen LogP contribution in [0.15, 0.2) is 36.4 Å². The van der Waals surface area contributed by atoms with E-state index in [1.807, 2.05) is 18.2 Å². The zero-order valence-electron chi connectivity index (χ0n) is 14.5. The van der Waals surface area contributed by atoms with Crippen molar-refractivity contribution in [3.8, 4) is 10.4 Å². The number of hydrogen-bond donors (Lipinski definition) is 2. The van der Waals surface area contributed by atoms with Crippen LogP contribution < -0.4 is 11.1 Å². The van der Waals surface area contributed by atoms with Gasteiger partial charge in [0.05, 0.1) is 4.88 Å². The van der Waals surface area contributed by atoms with E-state index in [0.29, 0.717) is 23.5 Å². The van der Waals surface area contributed by atoms with Gasteiger partial charge in [0.25, 0.3) is 11.8 Å². The lowest BCUT2D eigenvalue weighted by molar-refractivity contribution is -0.120. The Morgan fingerprint density at radius 1 is 1.15 bits per heavy atom. The quantitative estimate of drug-likeness (QED) is 0.863. The Hall–Kier alpha value is -2.67. The van der Waals surface area contributed by atoms with Crippen LogP contribution in [0.5, 0.6) is 0 Å². The molecule has 1 aromatic carbocycles. The van der Waals surface area contributed by atoms with Gasteiger partial charge in [-0.25, -0.2) is 0 Å². The first-order valence-corrected chi connectivity index (χ1v) is 9.32. The molecule has 0 aliphatic carbocycles. The molecule has 1 aliphatic rings. The lowest BCUT2D eigenvalue weighted by Gasteiger charge is -2.33. The number of carbonyl (C=O) groups is 3. The summed E-state index contributed by atoms with van der Waals surface area (Å²) in [6, 6.07) is 10.9. The monoisotopic (exact) mass is 371 g/mol. The van der Waals surface area contributed by atoms with Crippen molar-refractivity contribution in [3.05, 3.63) is 46.8 Å².